The molecule has 0 saturated heterocycles. The van der Waals surface area contributed by atoms with Crippen molar-refractivity contribution in [1.29, 1.82) is 0 Å². The summed E-state index contributed by atoms with van der Waals surface area (Å²) >= 11 is 5.54. The predicted octanol–water partition coefficient (Wildman–Crippen LogP) is 1.26. The highest BCUT2D eigenvalue weighted by atomic mass is 35.5. The molecule has 0 amide bonds. The summed E-state index contributed by atoms with van der Waals surface area (Å²) in [4.78, 5) is 11.3. The fourth-order valence-corrected chi connectivity index (χ4v) is 1.08. The van der Waals surface area contributed by atoms with Gasteiger partial charge in [0.25, 0.3) is 5.56 Å². The average Bonchev–Trinajstić information content (AvgIpc) is 2.06. The largest absolute Gasteiger partial charge is 0.505 e. The molecular formula is C8H11ClN2O2. The third-order valence-corrected chi connectivity index (χ3v) is 1.86. The molecule has 0 radical (unpaired) electrons. The first-order chi connectivity index (χ1) is 6.02. The minimum Gasteiger partial charge on any atom is -0.505 e. The zero-order valence-corrected chi connectivity index (χ0v) is 8.25. The molecule has 0 atom stereocenters. The summed E-state index contributed by atoms with van der Waals surface area (Å²) < 4.78 is 1.24. The topological polar surface area (TPSA) is 55.1 Å². The van der Waals surface area contributed by atoms with E-state index in [1.54, 1.807) is 0 Å². The molecule has 13 heavy (non-hydrogen) atoms. The number of hydrogen-bond donors (Lipinski definition) is 1. The molecule has 0 aliphatic rings. The second-order valence-corrected chi connectivity index (χ2v) is 3.60. The van der Waals surface area contributed by atoms with E-state index in [-0.39, 0.29) is 10.8 Å². The molecule has 0 aliphatic heterocycles. The third kappa shape index (κ3) is 2.21. The van der Waals surface area contributed by atoms with E-state index in [1.165, 1.54) is 10.9 Å². The molecule has 0 aromatic carbocycles. The van der Waals surface area contributed by atoms with Crippen LogP contribution in [-0.4, -0.2) is 14.9 Å². The van der Waals surface area contributed by atoms with Crippen LogP contribution in [0.1, 0.15) is 13.8 Å². The van der Waals surface area contributed by atoms with Gasteiger partial charge in [-0.05, 0) is 5.92 Å². The van der Waals surface area contributed by atoms with Crippen LogP contribution in [0, 0.1) is 5.92 Å². The molecular weight excluding hydrogens is 192 g/mol. The highest BCUT2D eigenvalue weighted by Gasteiger charge is 2.08. The lowest BCUT2D eigenvalue weighted by molar-refractivity contribution is 0.435. The van der Waals surface area contributed by atoms with Gasteiger partial charge in [0.2, 0.25) is 0 Å². The highest BCUT2D eigenvalue weighted by molar-refractivity contribution is 6.31. The van der Waals surface area contributed by atoms with E-state index in [4.69, 9.17) is 16.7 Å². The summed E-state index contributed by atoms with van der Waals surface area (Å²) in [6.07, 6.45) is 1.17. The number of aromatic hydroxyl groups is 1. The zero-order valence-electron chi connectivity index (χ0n) is 7.49. The van der Waals surface area contributed by atoms with Crippen molar-refractivity contribution in [1.82, 2.24) is 9.78 Å². The van der Waals surface area contributed by atoms with E-state index in [0.717, 1.165) is 0 Å². The fraction of sp³-hybridized carbons (Fsp3) is 0.500. The molecule has 72 valence electrons. The number of aromatic nitrogens is 2. The molecule has 0 aliphatic carbocycles. The maximum Gasteiger partial charge on any atom is 0.289 e. The van der Waals surface area contributed by atoms with Gasteiger partial charge in [0.05, 0.1) is 6.20 Å². The molecule has 1 aromatic heterocycles. The van der Waals surface area contributed by atoms with Crippen molar-refractivity contribution in [3.63, 3.8) is 0 Å². The van der Waals surface area contributed by atoms with Crippen LogP contribution in [-0.2, 0) is 6.54 Å². The van der Waals surface area contributed by atoms with Crippen molar-refractivity contribution in [3.05, 3.63) is 21.6 Å². The van der Waals surface area contributed by atoms with Gasteiger partial charge < -0.3 is 5.11 Å². The molecule has 0 unspecified atom stereocenters. The number of halogens is 1. The maximum absolute atomic E-state index is 11.3. The first-order valence-corrected chi connectivity index (χ1v) is 4.34. The molecule has 0 fully saturated rings. The van der Waals surface area contributed by atoms with Crippen LogP contribution in [0.3, 0.4) is 0 Å². The molecule has 1 rings (SSSR count). The smallest absolute Gasteiger partial charge is 0.289 e. The summed E-state index contributed by atoms with van der Waals surface area (Å²) in [5, 5.41) is 12.6. The van der Waals surface area contributed by atoms with Crippen molar-refractivity contribution in [2.24, 2.45) is 5.92 Å². The van der Waals surface area contributed by atoms with E-state index in [0.29, 0.717) is 12.5 Å². The van der Waals surface area contributed by atoms with Crippen LogP contribution in [0.15, 0.2) is 11.0 Å². The van der Waals surface area contributed by atoms with Crippen LogP contribution in [0.2, 0.25) is 5.02 Å². The summed E-state index contributed by atoms with van der Waals surface area (Å²) in [5.41, 5.74) is -0.449. The van der Waals surface area contributed by atoms with Crippen molar-refractivity contribution in [2.45, 2.75) is 20.4 Å². The fourth-order valence-electron chi connectivity index (χ4n) is 0.932. The van der Waals surface area contributed by atoms with E-state index < -0.39 is 5.56 Å². The molecule has 0 saturated carbocycles. The monoisotopic (exact) mass is 202 g/mol. The van der Waals surface area contributed by atoms with Crippen LogP contribution in [0.4, 0.5) is 0 Å². The molecule has 1 aromatic rings. The molecule has 0 bridgehead atoms. The van der Waals surface area contributed by atoms with Crippen LogP contribution in [0.25, 0.3) is 0 Å². The van der Waals surface area contributed by atoms with Crippen LogP contribution < -0.4 is 5.56 Å². The molecule has 5 heteroatoms. The lowest BCUT2D eigenvalue weighted by Gasteiger charge is -2.07. The quantitative estimate of drug-likeness (QED) is 0.786. The minimum atomic E-state index is -0.449. The van der Waals surface area contributed by atoms with Gasteiger partial charge in [-0.25, -0.2) is 4.68 Å². The Bertz CT molecular complexity index is 360. The van der Waals surface area contributed by atoms with Crippen LogP contribution in [0.5, 0.6) is 5.75 Å². The Balaban J connectivity index is 3.12. The second-order valence-electron chi connectivity index (χ2n) is 3.22. The first-order valence-electron chi connectivity index (χ1n) is 3.97. The average molecular weight is 203 g/mol. The SMILES string of the molecule is CC(C)Cn1ncc(O)c(Cl)c1=O. The van der Waals surface area contributed by atoms with E-state index >= 15 is 0 Å². The van der Waals surface area contributed by atoms with Gasteiger partial charge in [-0.15, -0.1) is 0 Å². The van der Waals surface area contributed by atoms with Crippen molar-refractivity contribution < 1.29 is 5.11 Å². The maximum atomic E-state index is 11.3. The Labute approximate surface area is 80.8 Å². The number of rotatable bonds is 2. The minimum absolute atomic E-state index is 0.171. The van der Waals surface area contributed by atoms with Gasteiger partial charge in [-0.1, -0.05) is 25.4 Å². The number of hydrogen-bond acceptors (Lipinski definition) is 3. The molecule has 0 spiro atoms. The summed E-state index contributed by atoms with van der Waals surface area (Å²) in [5.74, 6) is 0.0393. The van der Waals surface area contributed by atoms with Gasteiger partial charge in [0.1, 0.15) is 0 Å². The van der Waals surface area contributed by atoms with Gasteiger partial charge in [0.15, 0.2) is 10.8 Å². The van der Waals surface area contributed by atoms with Crippen molar-refractivity contribution in [2.75, 3.05) is 0 Å². The van der Waals surface area contributed by atoms with Gasteiger partial charge in [-0.2, -0.15) is 5.10 Å². The third-order valence-electron chi connectivity index (χ3n) is 1.50. The Morgan fingerprint density at radius 3 is 2.85 bits per heavy atom. The Hall–Kier alpha value is -1.03. The molecule has 4 nitrogen and oxygen atoms in total. The normalized spacial score (nSPS) is 10.8. The Kier molecular flexibility index (Phi) is 2.93. The van der Waals surface area contributed by atoms with Crippen molar-refractivity contribution >= 4 is 11.6 Å². The Morgan fingerprint density at radius 2 is 2.31 bits per heavy atom. The molecule has 1 heterocycles. The van der Waals surface area contributed by atoms with Gasteiger partial charge >= 0.3 is 0 Å². The van der Waals surface area contributed by atoms with Crippen LogP contribution >= 0.6 is 11.6 Å². The van der Waals surface area contributed by atoms with E-state index in [9.17, 15) is 4.79 Å². The predicted molar refractivity (Wildman–Crippen MR) is 50.0 cm³/mol. The van der Waals surface area contributed by atoms with E-state index in [2.05, 4.69) is 5.10 Å². The Morgan fingerprint density at radius 1 is 1.69 bits per heavy atom. The number of nitrogens with zero attached hydrogens (tertiary/aromatic N) is 2. The van der Waals surface area contributed by atoms with E-state index in [1.807, 2.05) is 13.8 Å². The molecule has 1 N–H and O–H groups in total. The lowest BCUT2D eigenvalue weighted by Crippen LogP contribution is -2.24. The highest BCUT2D eigenvalue weighted by Crippen LogP contribution is 2.15. The van der Waals surface area contributed by atoms with Gasteiger partial charge in [0, 0.05) is 6.54 Å². The lowest BCUT2D eigenvalue weighted by atomic mass is 10.2. The standard InChI is InChI=1S/C8H11ClN2O2/c1-5(2)4-11-8(13)7(9)6(12)3-10-11/h3,5,12H,4H2,1-2H3. The first kappa shape index (κ1) is 10.1. The summed E-state index contributed by atoms with van der Waals surface area (Å²) in [6, 6.07) is 0. The summed E-state index contributed by atoms with van der Waals surface area (Å²) in [6.45, 7) is 4.43. The van der Waals surface area contributed by atoms with Gasteiger partial charge in [-0.3, -0.25) is 4.79 Å². The second kappa shape index (κ2) is 3.79. The zero-order chi connectivity index (χ0) is 10.0. The van der Waals surface area contributed by atoms with Crippen molar-refractivity contribution in [3.8, 4) is 5.75 Å². The summed E-state index contributed by atoms with van der Waals surface area (Å²) in [7, 11) is 0.